The quantitative estimate of drug-likeness (QED) is 0.770. The molecule has 0 aromatic carbocycles. The van der Waals surface area contributed by atoms with E-state index in [1.165, 1.54) is 25.7 Å². The number of amides is 1. The number of carbonyl (C=O) groups is 1. The standard InChI is InChI=1S/C16H30N2O/c1-12(2)11-18(7-3-6-17)16(19)10-15-9-13-4-5-14(15)8-13/h12-15H,3-11,17H2,1-2H3. The third-order valence-corrected chi connectivity index (χ3v) is 4.89. The van der Waals surface area contributed by atoms with E-state index < -0.39 is 0 Å². The van der Waals surface area contributed by atoms with Gasteiger partial charge in [0.25, 0.3) is 0 Å². The molecule has 2 N–H and O–H groups in total. The van der Waals surface area contributed by atoms with Gasteiger partial charge in [0.15, 0.2) is 0 Å². The Morgan fingerprint density at radius 1 is 1.32 bits per heavy atom. The van der Waals surface area contributed by atoms with Crippen LogP contribution in [0.15, 0.2) is 0 Å². The van der Waals surface area contributed by atoms with Crippen LogP contribution in [0.4, 0.5) is 0 Å². The van der Waals surface area contributed by atoms with Crippen LogP contribution in [0.2, 0.25) is 0 Å². The molecule has 1 amide bonds. The summed E-state index contributed by atoms with van der Waals surface area (Å²) in [5.41, 5.74) is 5.58. The van der Waals surface area contributed by atoms with Crippen molar-refractivity contribution in [3.63, 3.8) is 0 Å². The van der Waals surface area contributed by atoms with Crippen molar-refractivity contribution in [1.29, 1.82) is 0 Å². The molecule has 2 rings (SSSR count). The molecule has 0 spiro atoms. The number of carbonyl (C=O) groups excluding carboxylic acids is 1. The normalized spacial score (nSPS) is 29.2. The van der Waals surface area contributed by atoms with Gasteiger partial charge in [0, 0.05) is 19.5 Å². The lowest BCUT2D eigenvalue weighted by Crippen LogP contribution is -2.37. The van der Waals surface area contributed by atoms with E-state index in [4.69, 9.17) is 5.73 Å². The average Bonchev–Trinajstić information content (AvgIpc) is 2.96. The van der Waals surface area contributed by atoms with Gasteiger partial charge in [0.05, 0.1) is 0 Å². The number of fused-ring (bicyclic) bond motifs is 2. The predicted molar refractivity (Wildman–Crippen MR) is 78.6 cm³/mol. The Labute approximate surface area is 117 Å². The van der Waals surface area contributed by atoms with E-state index in [-0.39, 0.29) is 0 Å². The van der Waals surface area contributed by atoms with Gasteiger partial charge in [-0.2, -0.15) is 0 Å². The van der Waals surface area contributed by atoms with E-state index in [0.29, 0.717) is 24.3 Å². The Balaban J connectivity index is 1.84. The molecule has 2 aliphatic rings. The van der Waals surface area contributed by atoms with Crippen LogP contribution < -0.4 is 5.73 Å². The van der Waals surface area contributed by atoms with Gasteiger partial charge in [-0.15, -0.1) is 0 Å². The highest BCUT2D eigenvalue weighted by Crippen LogP contribution is 2.49. The topological polar surface area (TPSA) is 46.3 Å². The fourth-order valence-electron chi connectivity index (χ4n) is 4.02. The van der Waals surface area contributed by atoms with E-state index in [1.54, 1.807) is 0 Å². The minimum atomic E-state index is 0.375. The molecule has 0 aromatic rings. The molecule has 3 nitrogen and oxygen atoms in total. The van der Waals surface area contributed by atoms with Crippen LogP contribution in [0.5, 0.6) is 0 Å². The summed E-state index contributed by atoms with van der Waals surface area (Å²) in [7, 11) is 0. The number of hydrogen-bond acceptors (Lipinski definition) is 2. The second-order valence-electron chi connectivity index (χ2n) is 7.01. The Morgan fingerprint density at radius 3 is 2.63 bits per heavy atom. The molecule has 3 atom stereocenters. The van der Waals surface area contributed by atoms with Crippen molar-refractivity contribution in [3.8, 4) is 0 Å². The summed E-state index contributed by atoms with van der Waals surface area (Å²) >= 11 is 0. The second-order valence-corrected chi connectivity index (χ2v) is 7.01. The lowest BCUT2D eigenvalue weighted by atomic mass is 9.86. The molecule has 19 heavy (non-hydrogen) atoms. The molecule has 2 bridgehead atoms. The van der Waals surface area contributed by atoms with Gasteiger partial charge in [0.1, 0.15) is 0 Å². The largest absolute Gasteiger partial charge is 0.342 e. The molecule has 2 aliphatic carbocycles. The first-order valence-corrected chi connectivity index (χ1v) is 8.08. The van der Waals surface area contributed by atoms with E-state index in [0.717, 1.165) is 37.8 Å². The first kappa shape index (κ1) is 14.8. The van der Waals surface area contributed by atoms with Crippen molar-refractivity contribution in [2.75, 3.05) is 19.6 Å². The van der Waals surface area contributed by atoms with Crippen LogP contribution in [0, 0.1) is 23.7 Å². The van der Waals surface area contributed by atoms with Gasteiger partial charge in [-0.25, -0.2) is 0 Å². The molecular weight excluding hydrogens is 236 g/mol. The fraction of sp³-hybridized carbons (Fsp3) is 0.938. The Morgan fingerprint density at radius 2 is 2.11 bits per heavy atom. The zero-order valence-electron chi connectivity index (χ0n) is 12.6. The minimum absolute atomic E-state index is 0.375. The summed E-state index contributed by atoms with van der Waals surface area (Å²) in [5, 5.41) is 0. The smallest absolute Gasteiger partial charge is 0.222 e. The third kappa shape index (κ3) is 3.95. The molecule has 0 radical (unpaired) electrons. The first-order chi connectivity index (χ1) is 9.10. The van der Waals surface area contributed by atoms with Gasteiger partial charge in [-0.05, 0) is 55.9 Å². The Kier molecular flexibility index (Phi) is 5.26. The van der Waals surface area contributed by atoms with Crippen molar-refractivity contribution < 1.29 is 4.79 Å². The van der Waals surface area contributed by atoms with E-state index >= 15 is 0 Å². The second kappa shape index (κ2) is 6.74. The molecule has 0 heterocycles. The summed E-state index contributed by atoms with van der Waals surface area (Å²) in [5.74, 6) is 3.38. The van der Waals surface area contributed by atoms with Crippen molar-refractivity contribution in [2.24, 2.45) is 29.4 Å². The highest BCUT2D eigenvalue weighted by molar-refractivity contribution is 5.76. The summed E-state index contributed by atoms with van der Waals surface area (Å²) in [6.07, 6.45) is 7.20. The highest BCUT2D eigenvalue weighted by Gasteiger charge is 2.40. The van der Waals surface area contributed by atoms with E-state index in [2.05, 4.69) is 18.7 Å². The van der Waals surface area contributed by atoms with Crippen LogP contribution >= 0.6 is 0 Å². The predicted octanol–water partition coefficient (Wildman–Crippen LogP) is 2.65. The molecule has 0 aromatic heterocycles. The fourth-order valence-corrected chi connectivity index (χ4v) is 4.02. The lowest BCUT2D eigenvalue weighted by molar-refractivity contribution is -0.133. The van der Waals surface area contributed by atoms with E-state index in [1.807, 2.05) is 0 Å². The maximum absolute atomic E-state index is 12.5. The molecule has 0 saturated heterocycles. The van der Waals surface area contributed by atoms with Crippen LogP contribution in [-0.2, 0) is 4.79 Å². The van der Waals surface area contributed by atoms with Gasteiger partial charge in [-0.3, -0.25) is 4.79 Å². The monoisotopic (exact) mass is 266 g/mol. The number of nitrogens with zero attached hydrogens (tertiary/aromatic N) is 1. The van der Waals surface area contributed by atoms with Crippen molar-refractivity contribution in [3.05, 3.63) is 0 Å². The zero-order chi connectivity index (χ0) is 13.8. The Bertz CT molecular complexity index is 303. The summed E-state index contributed by atoms with van der Waals surface area (Å²) in [4.78, 5) is 14.6. The molecular formula is C16H30N2O. The van der Waals surface area contributed by atoms with Gasteiger partial charge in [0.2, 0.25) is 5.91 Å². The Hall–Kier alpha value is -0.570. The van der Waals surface area contributed by atoms with Crippen molar-refractivity contribution >= 4 is 5.91 Å². The van der Waals surface area contributed by atoms with Crippen LogP contribution in [0.3, 0.4) is 0 Å². The van der Waals surface area contributed by atoms with Crippen molar-refractivity contribution in [2.45, 2.75) is 52.4 Å². The van der Waals surface area contributed by atoms with Crippen LogP contribution in [0.25, 0.3) is 0 Å². The maximum atomic E-state index is 12.5. The first-order valence-electron chi connectivity index (χ1n) is 8.08. The van der Waals surface area contributed by atoms with E-state index in [9.17, 15) is 4.79 Å². The summed E-state index contributed by atoms with van der Waals surface area (Å²) in [6.45, 7) is 6.77. The molecule has 2 fully saturated rings. The zero-order valence-corrected chi connectivity index (χ0v) is 12.6. The van der Waals surface area contributed by atoms with Crippen molar-refractivity contribution in [1.82, 2.24) is 4.90 Å². The summed E-state index contributed by atoms with van der Waals surface area (Å²) in [6, 6.07) is 0. The maximum Gasteiger partial charge on any atom is 0.222 e. The van der Waals surface area contributed by atoms with Gasteiger partial charge < -0.3 is 10.6 Å². The molecule has 0 aliphatic heterocycles. The minimum Gasteiger partial charge on any atom is -0.342 e. The van der Waals surface area contributed by atoms with Gasteiger partial charge in [-0.1, -0.05) is 20.3 Å². The highest BCUT2D eigenvalue weighted by atomic mass is 16.2. The van der Waals surface area contributed by atoms with Gasteiger partial charge >= 0.3 is 0 Å². The summed E-state index contributed by atoms with van der Waals surface area (Å²) < 4.78 is 0. The number of hydrogen-bond donors (Lipinski definition) is 1. The lowest BCUT2D eigenvalue weighted by Gasteiger charge is -2.28. The molecule has 3 heteroatoms. The third-order valence-electron chi connectivity index (χ3n) is 4.89. The molecule has 2 saturated carbocycles. The molecule has 3 unspecified atom stereocenters. The SMILES string of the molecule is CC(C)CN(CCCN)C(=O)CC1CC2CCC1C2. The molecule has 110 valence electrons. The van der Waals surface area contributed by atoms with Crippen LogP contribution in [-0.4, -0.2) is 30.4 Å². The number of rotatable bonds is 7. The number of nitrogens with two attached hydrogens (primary N) is 1. The average molecular weight is 266 g/mol. The van der Waals surface area contributed by atoms with Crippen LogP contribution in [0.1, 0.15) is 52.4 Å².